The summed E-state index contributed by atoms with van der Waals surface area (Å²) in [5, 5.41) is 10.6. The van der Waals surface area contributed by atoms with Crippen molar-refractivity contribution in [2.45, 2.75) is 19.4 Å². The van der Waals surface area contributed by atoms with E-state index >= 15 is 0 Å². The lowest BCUT2D eigenvalue weighted by atomic mass is 10.1. The maximum Gasteiger partial charge on any atom is 0.343 e. The molecule has 136 valence electrons. The van der Waals surface area contributed by atoms with Crippen molar-refractivity contribution in [1.29, 1.82) is 0 Å². The molecule has 9 heteroatoms. The summed E-state index contributed by atoms with van der Waals surface area (Å²) >= 11 is 0. The lowest BCUT2D eigenvalue weighted by Gasteiger charge is -2.21. The van der Waals surface area contributed by atoms with E-state index in [1.54, 1.807) is 19.1 Å². The van der Waals surface area contributed by atoms with Crippen molar-refractivity contribution in [3.63, 3.8) is 0 Å². The van der Waals surface area contributed by atoms with E-state index in [9.17, 15) is 23.3 Å². The van der Waals surface area contributed by atoms with E-state index in [0.717, 1.165) is 11.8 Å². The van der Waals surface area contributed by atoms with Crippen LogP contribution in [0.3, 0.4) is 0 Å². The third kappa shape index (κ3) is 3.38. The predicted octanol–water partition coefficient (Wildman–Crippen LogP) is 2.52. The van der Waals surface area contributed by atoms with Crippen LogP contribution in [0.4, 0.5) is 11.4 Å². The lowest BCUT2D eigenvalue weighted by Crippen LogP contribution is -2.34. The third-order valence-corrected chi connectivity index (χ3v) is 5.35. The summed E-state index contributed by atoms with van der Waals surface area (Å²) in [7, 11) is -3.40. The van der Waals surface area contributed by atoms with E-state index in [1.165, 1.54) is 34.6 Å². The third-order valence-electron chi connectivity index (χ3n) is 4.08. The first-order valence-corrected chi connectivity index (χ1v) is 9.60. The van der Waals surface area contributed by atoms with Crippen LogP contribution in [0.1, 0.15) is 22.8 Å². The van der Waals surface area contributed by atoms with Crippen LogP contribution in [0, 0.1) is 10.1 Å². The summed E-state index contributed by atoms with van der Waals surface area (Å²) in [5.41, 5.74) is 1.50. The number of non-ortho nitro benzene ring substituents is 1. The molecule has 0 fully saturated rings. The molecule has 0 saturated carbocycles. The van der Waals surface area contributed by atoms with E-state index in [-0.39, 0.29) is 23.0 Å². The Kier molecular flexibility index (Phi) is 4.41. The second-order valence-electron chi connectivity index (χ2n) is 6.10. The van der Waals surface area contributed by atoms with E-state index < -0.39 is 20.9 Å². The van der Waals surface area contributed by atoms with Gasteiger partial charge in [-0.2, -0.15) is 0 Å². The van der Waals surface area contributed by atoms with Crippen LogP contribution >= 0.6 is 0 Å². The molecule has 0 N–H and O–H groups in total. The molecule has 1 heterocycles. The number of carbonyl (C=O) groups is 1. The van der Waals surface area contributed by atoms with Crippen LogP contribution in [0.2, 0.25) is 0 Å². The van der Waals surface area contributed by atoms with Gasteiger partial charge in [-0.25, -0.2) is 13.2 Å². The number of nitro benzene ring substituents is 1. The Morgan fingerprint density at radius 1 is 1.23 bits per heavy atom. The molecule has 8 nitrogen and oxygen atoms in total. The molecular weight excluding hydrogens is 360 g/mol. The molecule has 0 saturated heterocycles. The molecule has 1 atom stereocenters. The maximum atomic E-state index is 12.3. The van der Waals surface area contributed by atoms with Gasteiger partial charge in [0.2, 0.25) is 10.0 Å². The topological polar surface area (TPSA) is 107 Å². The second-order valence-corrected chi connectivity index (χ2v) is 7.96. The van der Waals surface area contributed by atoms with Crippen molar-refractivity contribution < 1.29 is 22.9 Å². The minimum Gasteiger partial charge on any atom is -0.423 e. The van der Waals surface area contributed by atoms with Gasteiger partial charge in [-0.05, 0) is 49.2 Å². The van der Waals surface area contributed by atoms with Crippen molar-refractivity contribution in [3.8, 4) is 5.75 Å². The average molecular weight is 376 g/mol. The minimum atomic E-state index is -3.40. The highest BCUT2D eigenvalue weighted by atomic mass is 32.2. The van der Waals surface area contributed by atoms with Crippen molar-refractivity contribution >= 4 is 27.4 Å². The Labute approximate surface area is 150 Å². The van der Waals surface area contributed by atoms with Gasteiger partial charge in [0.05, 0.1) is 22.4 Å². The molecule has 0 aliphatic carbocycles. The number of rotatable bonds is 4. The van der Waals surface area contributed by atoms with Crippen molar-refractivity contribution in [2.24, 2.45) is 0 Å². The standard InChI is InChI=1S/C17H16N2O6S/c1-11-9-13-10-12(3-8-16(13)18(11)26(2,23)24)17(20)25-15-6-4-14(5-7-15)19(21)22/h3-8,10-11H,9H2,1-2H3/t11-/m1/s1. The Bertz CT molecular complexity index is 985. The molecule has 2 aromatic carbocycles. The summed E-state index contributed by atoms with van der Waals surface area (Å²) in [6.07, 6.45) is 1.65. The number of benzene rings is 2. The van der Waals surface area contributed by atoms with Gasteiger partial charge in [0.25, 0.3) is 5.69 Å². The number of nitro groups is 1. The summed E-state index contributed by atoms with van der Waals surface area (Å²) in [6, 6.07) is 9.67. The van der Waals surface area contributed by atoms with Crippen LogP contribution in [-0.2, 0) is 16.4 Å². The molecule has 0 spiro atoms. The molecular formula is C17H16N2O6S. The quantitative estimate of drug-likeness (QED) is 0.351. The van der Waals surface area contributed by atoms with Gasteiger partial charge in [0.15, 0.2) is 0 Å². The van der Waals surface area contributed by atoms with E-state index in [2.05, 4.69) is 0 Å². The number of fused-ring (bicyclic) bond motifs is 1. The van der Waals surface area contributed by atoms with Gasteiger partial charge in [-0.3, -0.25) is 14.4 Å². The number of hydrogen-bond donors (Lipinski definition) is 0. The first kappa shape index (κ1) is 17.9. The van der Waals surface area contributed by atoms with Gasteiger partial charge in [-0.15, -0.1) is 0 Å². The van der Waals surface area contributed by atoms with Crippen molar-refractivity contribution in [3.05, 3.63) is 63.7 Å². The Morgan fingerprint density at radius 2 is 1.88 bits per heavy atom. The molecule has 0 amide bonds. The zero-order valence-corrected chi connectivity index (χ0v) is 14.9. The highest BCUT2D eigenvalue weighted by Gasteiger charge is 2.32. The minimum absolute atomic E-state index is 0.0998. The molecule has 1 aliphatic heterocycles. The molecule has 0 aromatic heterocycles. The summed E-state index contributed by atoms with van der Waals surface area (Å²) in [4.78, 5) is 22.4. The molecule has 26 heavy (non-hydrogen) atoms. The van der Waals surface area contributed by atoms with Crippen molar-refractivity contribution in [1.82, 2.24) is 0 Å². The predicted molar refractivity (Wildman–Crippen MR) is 95.0 cm³/mol. The number of sulfonamides is 1. The summed E-state index contributed by atoms with van der Waals surface area (Å²) < 4.78 is 30.4. The normalized spacial score (nSPS) is 16.2. The highest BCUT2D eigenvalue weighted by molar-refractivity contribution is 7.92. The largest absolute Gasteiger partial charge is 0.423 e. The van der Waals surface area contributed by atoms with Crippen LogP contribution in [-0.4, -0.2) is 31.6 Å². The first-order valence-electron chi connectivity index (χ1n) is 7.76. The van der Waals surface area contributed by atoms with E-state index in [0.29, 0.717) is 12.1 Å². The SMILES string of the molecule is C[C@@H]1Cc2cc(C(=O)Oc3ccc([N+](=O)[O-])cc3)ccc2N1S(C)(=O)=O. The maximum absolute atomic E-state index is 12.3. The zero-order chi connectivity index (χ0) is 19.1. The second kappa shape index (κ2) is 6.41. The van der Waals surface area contributed by atoms with Crippen LogP contribution in [0.15, 0.2) is 42.5 Å². The fourth-order valence-electron chi connectivity index (χ4n) is 3.04. The number of ether oxygens (including phenoxy) is 1. The Balaban J connectivity index is 1.82. The fourth-order valence-corrected chi connectivity index (χ4v) is 4.30. The summed E-state index contributed by atoms with van der Waals surface area (Å²) in [5.74, 6) is -0.431. The highest BCUT2D eigenvalue weighted by Crippen LogP contribution is 2.34. The number of esters is 1. The zero-order valence-electron chi connectivity index (χ0n) is 14.1. The number of carbonyl (C=O) groups excluding carboxylic acids is 1. The smallest absolute Gasteiger partial charge is 0.343 e. The average Bonchev–Trinajstić information content (AvgIpc) is 2.90. The van der Waals surface area contributed by atoms with Crippen molar-refractivity contribution in [2.75, 3.05) is 10.6 Å². The first-order chi connectivity index (χ1) is 12.2. The van der Waals surface area contributed by atoms with Gasteiger partial charge < -0.3 is 4.74 Å². The molecule has 1 aliphatic rings. The van der Waals surface area contributed by atoms with Gasteiger partial charge in [0.1, 0.15) is 5.75 Å². The molecule has 0 unspecified atom stereocenters. The Hall–Kier alpha value is -2.94. The monoisotopic (exact) mass is 376 g/mol. The lowest BCUT2D eigenvalue weighted by molar-refractivity contribution is -0.384. The van der Waals surface area contributed by atoms with Gasteiger partial charge >= 0.3 is 5.97 Å². The molecule has 0 bridgehead atoms. The van der Waals surface area contributed by atoms with E-state index in [1.807, 2.05) is 0 Å². The van der Waals surface area contributed by atoms with Crippen LogP contribution in [0.25, 0.3) is 0 Å². The van der Waals surface area contributed by atoms with Gasteiger partial charge in [-0.1, -0.05) is 0 Å². The molecule has 2 aromatic rings. The fraction of sp³-hybridized carbons (Fsp3) is 0.235. The van der Waals surface area contributed by atoms with E-state index in [4.69, 9.17) is 4.74 Å². The summed E-state index contributed by atoms with van der Waals surface area (Å²) in [6.45, 7) is 1.80. The van der Waals surface area contributed by atoms with Crippen LogP contribution in [0.5, 0.6) is 5.75 Å². The number of anilines is 1. The molecule has 0 radical (unpaired) electrons. The number of hydrogen-bond acceptors (Lipinski definition) is 6. The number of nitrogens with zero attached hydrogens (tertiary/aromatic N) is 2. The van der Waals surface area contributed by atoms with Crippen LogP contribution < -0.4 is 9.04 Å². The molecule has 3 rings (SSSR count). The Morgan fingerprint density at radius 3 is 2.46 bits per heavy atom. The van der Waals surface area contributed by atoms with Gasteiger partial charge in [0, 0.05) is 18.2 Å².